The zero-order chi connectivity index (χ0) is 19.4. The molecule has 0 saturated heterocycles. The zero-order valence-electron chi connectivity index (χ0n) is 15.0. The molecule has 0 spiro atoms. The van der Waals surface area contributed by atoms with Gasteiger partial charge in [-0.05, 0) is 41.0 Å². The van der Waals surface area contributed by atoms with Crippen molar-refractivity contribution < 1.29 is 19.1 Å². The standard InChI is InChI=1S/C20H19ClN2O4/c1-26-17-9-12(8-15(21)20(17)27-2)4-6-18(24)22-11-13-3-5-16-14(7-13)10-19(25)23-16/h3-9H,10-11H2,1-2H3,(H,22,24)(H,23,25)/b6-4+. The number of rotatable bonds is 6. The van der Waals surface area contributed by atoms with Gasteiger partial charge in [0, 0.05) is 18.3 Å². The van der Waals surface area contributed by atoms with Gasteiger partial charge < -0.3 is 20.1 Å². The van der Waals surface area contributed by atoms with Gasteiger partial charge in [0.1, 0.15) is 0 Å². The number of hydrogen-bond donors (Lipinski definition) is 2. The highest BCUT2D eigenvalue weighted by atomic mass is 35.5. The van der Waals surface area contributed by atoms with Gasteiger partial charge >= 0.3 is 0 Å². The van der Waals surface area contributed by atoms with Crippen LogP contribution >= 0.6 is 11.6 Å². The average Bonchev–Trinajstić information content (AvgIpc) is 3.03. The van der Waals surface area contributed by atoms with Crippen molar-refractivity contribution in [1.29, 1.82) is 0 Å². The quantitative estimate of drug-likeness (QED) is 0.747. The largest absolute Gasteiger partial charge is 0.493 e. The number of amides is 2. The number of nitrogens with one attached hydrogen (secondary N) is 2. The second-order valence-corrected chi connectivity index (χ2v) is 6.41. The van der Waals surface area contributed by atoms with Gasteiger partial charge in [-0.15, -0.1) is 0 Å². The lowest BCUT2D eigenvalue weighted by Crippen LogP contribution is -2.20. The van der Waals surface area contributed by atoms with E-state index in [2.05, 4.69) is 10.6 Å². The maximum Gasteiger partial charge on any atom is 0.244 e. The molecule has 140 valence electrons. The molecular formula is C20H19ClN2O4. The maximum absolute atomic E-state index is 12.1. The molecule has 0 radical (unpaired) electrons. The molecule has 3 rings (SSSR count). The highest BCUT2D eigenvalue weighted by Gasteiger charge is 2.17. The number of hydrogen-bond acceptors (Lipinski definition) is 4. The smallest absolute Gasteiger partial charge is 0.244 e. The second-order valence-electron chi connectivity index (χ2n) is 6.01. The number of carbonyl (C=O) groups is 2. The minimum absolute atomic E-state index is 0.0114. The van der Waals surface area contributed by atoms with Crippen LogP contribution in [0, 0.1) is 0 Å². The summed E-state index contributed by atoms with van der Waals surface area (Å²) in [7, 11) is 3.03. The number of carbonyl (C=O) groups excluding carboxylic acids is 2. The van der Waals surface area contributed by atoms with Crippen LogP contribution in [-0.2, 0) is 22.6 Å². The van der Waals surface area contributed by atoms with E-state index in [0.29, 0.717) is 29.5 Å². The summed E-state index contributed by atoms with van der Waals surface area (Å²) in [6, 6.07) is 9.08. The lowest BCUT2D eigenvalue weighted by atomic mass is 10.1. The van der Waals surface area contributed by atoms with Crippen molar-refractivity contribution in [3.8, 4) is 11.5 Å². The van der Waals surface area contributed by atoms with Gasteiger partial charge in [0.25, 0.3) is 0 Å². The summed E-state index contributed by atoms with van der Waals surface area (Å²) in [6.07, 6.45) is 3.45. The first kappa shape index (κ1) is 18.8. The van der Waals surface area contributed by atoms with Crippen LogP contribution in [0.15, 0.2) is 36.4 Å². The van der Waals surface area contributed by atoms with Crippen LogP contribution in [0.3, 0.4) is 0 Å². The van der Waals surface area contributed by atoms with Gasteiger partial charge in [-0.1, -0.05) is 23.7 Å². The van der Waals surface area contributed by atoms with E-state index in [1.807, 2.05) is 18.2 Å². The van der Waals surface area contributed by atoms with E-state index < -0.39 is 0 Å². The summed E-state index contributed by atoms with van der Waals surface area (Å²) < 4.78 is 10.4. The zero-order valence-corrected chi connectivity index (χ0v) is 15.7. The number of halogens is 1. The summed E-state index contributed by atoms with van der Waals surface area (Å²) in [6.45, 7) is 0.372. The molecule has 27 heavy (non-hydrogen) atoms. The molecule has 0 fully saturated rings. The van der Waals surface area contributed by atoms with Gasteiger partial charge in [-0.25, -0.2) is 0 Å². The van der Waals surface area contributed by atoms with Crippen molar-refractivity contribution in [2.45, 2.75) is 13.0 Å². The third-order valence-electron chi connectivity index (χ3n) is 4.14. The first-order valence-corrected chi connectivity index (χ1v) is 8.67. The fourth-order valence-electron chi connectivity index (χ4n) is 2.85. The first-order valence-electron chi connectivity index (χ1n) is 8.29. The third kappa shape index (κ3) is 4.41. The Morgan fingerprint density at radius 1 is 1.26 bits per heavy atom. The van der Waals surface area contributed by atoms with E-state index in [4.69, 9.17) is 21.1 Å². The summed E-state index contributed by atoms with van der Waals surface area (Å²) in [5.74, 6) is 0.690. The van der Waals surface area contributed by atoms with Gasteiger partial charge in [-0.3, -0.25) is 9.59 Å². The van der Waals surface area contributed by atoms with Crippen molar-refractivity contribution in [3.63, 3.8) is 0 Å². The summed E-state index contributed by atoms with van der Waals surface area (Å²) in [4.78, 5) is 23.5. The summed E-state index contributed by atoms with van der Waals surface area (Å²) in [5.41, 5.74) is 3.43. The number of anilines is 1. The minimum Gasteiger partial charge on any atom is -0.493 e. The lowest BCUT2D eigenvalue weighted by molar-refractivity contribution is -0.117. The monoisotopic (exact) mass is 386 g/mol. The number of methoxy groups -OCH3 is 2. The van der Waals surface area contributed by atoms with Gasteiger partial charge in [-0.2, -0.15) is 0 Å². The Bertz CT molecular complexity index is 924. The normalized spacial score (nSPS) is 12.6. The average molecular weight is 387 g/mol. The van der Waals surface area contributed by atoms with E-state index in [1.165, 1.54) is 20.3 Å². The third-order valence-corrected chi connectivity index (χ3v) is 4.43. The molecule has 7 heteroatoms. The minimum atomic E-state index is -0.240. The predicted octanol–water partition coefficient (Wildman–Crippen LogP) is 3.18. The van der Waals surface area contributed by atoms with Crippen molar-refractivity contribution in [3.05, 3.63) is 58.1 Å². The van der Waals surface area contributed by atoms with Crippen molar-refractivity contribution >= 4 is 35.2 Å². The second kappa shape index (κ2) is 8.14. The highest BCUT2D eigenvalue weighted by molar-refractivity contribution is 6.32. The number of fused-ring (bicyclic) bond motifs is 1. The van der Waals surface area contributed by atoms with Crippen LogP contribution in [0.25, 0.3) is 6.08 Å². The fourth-order valence-corrected chi connectivity index (χ4v) is 3.14. The van der Waals surface area contributed by atoms with Crippen LogP contribution < -0.4 is 20.1 Å². The molecule has 2 N–H and O–H groups in total. The van der Waals surface area contributed by atoms with E-state index in [1.54, 1.807) is 18.2 Å². The van der Waals surface area contributed by atoms with E-state index >= 15 is 0 Å². The van der Waals surface area contributed by atoms with E-state index in [0.717, 1.165) is 22.4 Å². The van der Waals surface area contributed by atoms with Crippen LogP contribution in [-0.4, -0.2) is 26.0 Å². The van der Waals surface area contributed by atoms with E-state index in [-0.39, 0.29) is 11.8 Å². The van der Waals surface area contributed by atoms with Crippen LogP contribution in [0.1, 0.15) is 16.7 Å². The highest BCUT2D eigenvalue weighted by Crippen LogP contribution is 2.36. The Kier molecular flexibility index (Phi) is 5.66. The number of ether oxygens (including phenoxy) is 2. The van der Waals surface area contributed by atoms with Gasteiger partial charge in [0.05, 0.1) is 25.7 Å². The van der Waals surface area contributed by atoms with Gasteiger partial charge in [0.2, 0.25) is 11.8 Å². The molecule has 2 aromatic carbocycles. The molecule has 2 amide bonds. The Balaban J connectivity index is 1.62. The molecule has 0 saturated carbocycles. The molecule has 0 unspecified atom stereocenters. The maximum atomic E-state index is 12.1. The molecule has 6 nitrogen and oxygen atoms in total. The topological polar surface area (TPSA) is 76.7 Å². The molecule has 1 aliphatic heterocycles. The Labute approximate surface area is 162 Å². The van der Waals surface area contributed by atoms with Crippen LogP contribution in [0.4, 0.5) is 5.69 Å². The Morgan fingerprint density at radius 3 is 2.81 bits per heavy atom. The van der Waals surface area contributed by atoms with Crippen molar-refractivity contribution in [2.24, 2.45) is 0 Å². The van der Waals surface area contributed by atoms with Crippen molar-refractivity contribution in [1.82, 2.24) is 5.32 Å². The molecule has 0 aliphatic carbocycles. The Morgan fingerprint density at radius 2 is 2.07 bits per heavy atom. The van der Waals surface area contributed by atoms with Crippen LogP contribution in [0.2, 0.25) is 5.02 Å². The van der Waals surface area contributed by atoms with Gasteiger partial charge in [0.15, 0.2) is 11.5 Å². The SMILES string of the molecule is COc1cc(/C=C/C(=O)NCc2ccc3c(c2)CC(=O)N3)cc(Cl)c1OC. The van der Waals surface area contributed by atoms with E-state index in [9.17, 15) is 9.59 Å². The molecule has 0 atom stereocenters. The molecule has 0 bridgehead atoms. The van der Waals surface area contributed by atoms with Crippen LogP contribution in [0.5, 0.6) is 11.5 Å². The first-order chi connectivity index (χ1) is 13.0. The molecule has 0 aromatic heterocycles. The van der Waals surface area contributed by atoms with Crippen molar-refractivity contribution in [2.75, 3.05) is 19.5 Å². The molecular weight excluding hydrogens is 368 g/mol. The molecule has 1 aliphatic rings. The molecule has 2 aromatic rings. The predicted molar refractivity (Wildman–Crippen MR) is 104 cm³/mol. The number of benzene rings is 2. The fraction of sp³-hybridized carbons (Fsp3) is 0.200. The molecule has 1 heterocycles. The lowest BCUT2D eigenvalue weighted by Gasteiger charge is -2.10. The summed E-state index contributed by atoms with van der Waals surface area (Å²) in [5, 5.41) is 6.00. The Hall–Kier alpha value is -2.99. The summed E-state index contributed by atoms with van der Waals surface area (Å²) >= 11 is 6.16.